The zero-order valence-corrected chi connectivity index (χ0v) is 9.33. The number of benzene rings is 1. The first-order valence-corrected chi connectivity index (χ1v) is 4.98. The first-order chi connectivity index (χ1) is 8.02. The van der Waals surface area contributed by atoms with Crippen molar-refractivity contribution in [2.45, 2.75) is 13.8 Å². The van der Waals surface area contributed by atoms with E-state index >= 15 is 0 Å². The molecule has 0 spiro atoms. The van der Waals surface area contributed by atoms with Crippen LogP contribution in [0.4, 0.5) is 8.78 Å². The topological polar surface area (TPSA) is 46.0 Å². The summed E-state index contributed by atoms with van der Waals surface area (Å²) in [5.41, 5.74) is 1.61. The van der Waals surface area contributed by atoms with Crippen LogP contribution in [0.5, 0.6) is 5.75 Å². The number of aromatic nitrogens is 2. The monoisotopic (exact) mass is 236 g/mol. The van der Waals surface area contributed by atoms with Crippen LogP contribution in [0.15, 0.2) is 18.5 Å². The number of rotatable bonds is 1. The van der Waals surface area contributed by atoms with Crippen molar-refractivity contribution < 1.29 is 13.9 Å². The predicted molar refractivity (Wildman–Crippen MR) is 58.5 cm³/mol. The molecule has 0 radical (unpaired) electrons. The van der Waals surface area contributed by atoms with Crippen LogP contribution in [0.25, 0.3) is 11.1 Å². The normalized spacial score (nSPS) is 10.6. The van der Waals surface area contributed by atoms with E-state index in [-0.39, 0.29) is 5.56 Å². The molecule has 1 aromatic heterocycles. The molecule has 88 valence electrons. The summed E-state index contributed by atoms with van der Waals surface area (Å²) in [6.07, 6.45) is 1.36. The third-order valence-corrected chi connectivity index (χ3v) is 2.56. The van der Waals surface area contributed by atoms with Gasteiger partial charge in [0.15, 0.2) is 11.6 Å². The van der Waals surface area contributed by atoms with Gasteiger partial charge < -0.3 is 5.11 Å². The van der Waals surface area contributed by atoms with Crippen molar-refractivity contribution in [1.29, 1.82) is 0 Å². The number of hydrogen-bond acceptors (Lipinski definition) is 3. The van der Waals surface area contributed by atoms with Crippen LogP contribution in [0.3, 0.4) is 0 Å². The molecule has 0 saturated heterocycles. The quantitative estimate of drug-likeness (QED) is 0.828. The molecule has 0 aliphatic rings. The van der Waals surface area contributed by atoms with Crippen LogP contribution >= 0.6 is 0 Å². The molecule has 3 nitrogen and oxygen atoms in total. The second-order valence-corrected chi connectivity index (χ2v) is 3.68. The van der Waals surface area contributed by atoms with E-state index < -0.39 is 17.4 Å². The minimum absolute atomic E-state index is 0.0518. The molecular weight excluding hydrogens is 226 g/mol. The molecule has 5 heteroatoms. The summed E-state index contributed by atoms with van der Waals surface area (Å²) < 4.78 is 27.0. The van der Waals surface area contributed by atoms with Gasteiger partial charge in [0.25, 0.3) is 0 Å². The Balaban J connectivity index is 2.74. The highest BCUT2D eigenvalue weighted by atomic mass is 19.2. The maximum Gasteiger partial charge on any atom is 0.200 e. The van der Waals surface area contributed by atoms with Gasteiger partial charge in [-0.05, 0) is 26.0 Å². The number of halogens is 2. The van der Waals surface area contributed by atoms with Crippen molar-refractivity contribution in [3.8, 4) is 16.9 Å². The van der Waals surface area contributed by atoms with E-state index in [0.717, 1.165) is 6.07 Å². The number of aromatic hydroxyl groups is 1. The van der Waals surface area contributed by atoms with Crippen LogP contribution in [-0.2, 0) is 0 Å². The number of phenolic OH excluding ortho intramolecular Hbond substituents is 1. The molecule has 0 amide bonds. The Hall–Kier alpha value is -2.04. The molecule has 0 saturated carbocycles. The van der Waals surface area contributed by atoms with Crippen molar-refractivity contribution in [3.63, 3.8) is 0 Å². The van der Waals surface area contributed by atoms with Crippen molar-refractivity contribution in [3.05, 3.63) is 41.5 Å². The third-order valence-electron chi connectivity index (χ3n) is 2.56. The van der Waals surface area contributed by atoms with E-state index in [1.807, 2.05) is 0 Å². The number of aryl methyl sites for hydroxylation is 2. The van der Waals surface area contributed by atoms with E-state index in [4.69, 9.17) is 5.11 Å². The van der Waals surface area contributed by atoms with Crippen LogP contribution in [0.2, 0.25) is 0 Å². The zero-order valence-electron chi connectivity index (χ0n) is 9.33. The highest BCUT2D eigenvalue weighted by molar-refractivity contribution is 5.69. The van der Waals surface area contributed by atoms with E-state index in [1.165, 1.54) is 12.4 Å². The molecule has 0 bridgehead atoms. The lowest BCUT2D eigenvalue weighted by atomic mass is 10.0. The Kier molecular flexibility index (Phi) is 2.75. The Morgan fingerprint density at radius 3 is 2.18 bits per heavy atom. The SMILES string of the molecule is Cc1ncnc(C)c1-c1ccc(O)c(F)c1F. The molecule has 1 N–H and O–H groups in total. The largest absolute Gasteiger partial charge is 0.505 e. The van der Waals surface area contributed by atoms with E-state index in [0.29, 0.717) is 17.0 Å². The lowest BCUT2D eigenvalue weighted by Gasteiger charge is -2.09. The van der Waals surface area contributed by atoms with Crippen molar-refractivity contribution in [2.24, 2.45) is 0 Å². The highest BCUT2D eigenvalue weighted by Crippen LogP contribution is 2.31. The minimum Gasteiger partial charge on any atom is -0.505 e. The highest BCUT2D eigenvalue weighted by Gasteiger charge is 2.17. The summed E-state index contributed by atoms with van der Waals surface area (Å²) in [6.45, 7) is 3.38. The Labute approximate surface area is 96.8 Å². The average Bonchev–Trinajstić information content (AvgIpc) is 2.29. The molecule has 17 heavy (non-hydrogen) atoms. The second-order valence-electron chi connectivity index (χ2n) is 3.68. The van der Waals surface area contributed by atoms with Crippen LogP contribution in [0, 0.1) is 25.5 Å². The van der Waals surface area contributed by atoms with E-state index in [2.05, 4.69) is 9.97 Å². The van der Waals surface area contributed by atoms with Gasteiger partial charge in [0.1, 0.15) is 6.33 Å². The first kappa shape index (κ1) is 11.4. The predicted octanol–water partition coefficient (Wildman–Crippen LogP) is 2.74. The average molecular weight is 236 g/mol. The maximum absolute atomic E-state index is 13.7. The van der Waals surface area contributed by atoms with Gasteiger partial charge in [-0.1, -0.05) is 0 Å². The Bertz CT molecular complexity index is 565. The van der Waals surface area contributed by atoms with E-state index in [9.17, 15) is 8.78 Å². The summed E-state index contributed by atoms with van der Waals surface area (Å²) in [5.74, 6) is -3.06. The Morgan fingerprint density at radius 1 is 1.00 bits per heavy atom. The lowest BCUT2D eigenvalue weighted by molar-refractivity contribution is 0.408. The summed E-state index contributed by atoms with van der Waals surface area (Å²) in [4.78, 5) is 7.89. The fraction of sp³-hybridized carbons (Fsp3) is 0.167. The zero-order chi connectivity index (χ0) is 12.6. The lowest BCUT2D eigenvalue weighted by Crippen LogP contribution is -1.98. The molecule has 0 unspecified atom stereocenters. The maximum atomic E-state index is 13.7. The summed E-state index contributed by atoms with van der Waals surface area (Å²) in [5, 5.41) is 9.06. The van der Waals surface area contributed by atoms with E-state index in [1.54, 1.807) is 13.8 Å². The van der Waals surface area contributed by atoms with Gasteiger partial charge in [0.2, 0.25) is 5.82 Å². The molecule has 2 aromatic rings. The number of nitrogens with zero attached hydrogens (tertiary/aromatic N) is 2. The van der Waals surface area contributed by atoms with Gasteiger partial charge in [-0.15, -0.1) is 0 Å². The van der Waals surface area contributed by atoms with Gasteiger partial charge >= 0.3 is 0 Å². The summed E-state index contributed by atoms with van der Waals surface area (Å²) in [7, 11) is 0. The smallest absolute Gasteiger partial charge is 0.200 e. The molecule has 0 atom stereocenters. The molecule has 0 aliphatic heterocycles. The molecule has 1 aromatic carbocycles. The summed E-state index contributed by atoms with van der Waals surface area (Å²) >= 11 is 0. The first-order valence-electron chi connectivity index (χ1n) is 4.98. The number of hydrogen-bond donors (Lipinski definition) is 1. The van der Waals surface area contributed by atoms with Crippen molar-refractivity contribution >= 4 is 0 Å². The summed E-state index contributed by atoms with van der Waals surface area (Å²) in [6, 6.07) is 2.42. The third kappa shape index (κ3) is 1.84. The standard InChI is InChI=1S/C12H10F2N2O/c1-6-10(7(2)16-5-15-6)8-3-4-9(17)12(14)11(8)13/h3-5,17H,1-2H3. The van der Waals surface area contributed by atoms with Crippen LogP contribution < -0.4 is 0 Å². The second kappa shape index (κ2) is 4.08. The minimum atomic E-state index is -1.26. The fourth-order valence-electron chi connectivity index (χ4n) is 1.72. The van der Waals surface area contributed by atoms with Crippen molar-refractivity contribution in [2.75, 3.05) is 0 Å². The van der Waals surface area contributed by atoms with Crippen LogP contribution in [-0.4, -0.2) is 15.1 Å². The molecule has 0 aliphatic carbocycles. The number of phenols is 1. The van der Waals surface area contributed by atoms with Gasteiger partial charge in [0.05, 0.1) is 0 Å². The Morgan fingerprint density at radius 2 is 1.59 bits per heavy atom. The van der Waals surface area contributed by atoms with Gasteiger partial charge in [-0.2, -0.15) is 4.39 Å². The van der Waals surface area contributed by atoms with Gasteiger partial charge in [-0.25, -0.2) is 14.4 Å². The van der Waals surface area contributed by atoms with Crippen molar-refractivity contribution in [1.82, 2.24) is 9.97 Å². The molecule has 1 heterocycles. The molecule has 0 fully saturated rings. The van der Waals surface area contributed by atoms with Gasteiger partial charge in [0, 0.05) is 22.5 Å². The molecule has 2 rings (SSSR count). The molecular formula is C12H10F2N2O. The van der Waals surface area contributed by atoms with Gasteiger partial charge in [-0.3, -0.25) is 0 Å². The fourth-order valence-corrected chi connectivity index (χ4v) is 1.72. The van der Waals surface area contributed by atoms with Crippen LogP contribution in [0.1, 0.15) is 11.4 Å².